The van der Waals surface area contributed by atoms with Crippen LogP contribution >= 0.6 is 0 Å². The summed E-state index contributed by atoms with van der Waals surface area (Å²) in [6.45, 7) is 5.21. The Labute approximate surface area is 83.8 Å². The molecule has 0 saturated heterocycles. The van der Waals surface area contributed by atoms with Crippen molar-refractivity contribution in [2.75, 3.05) is 5.75 Å². The van der Waals surface area contributed by atoms with Gasteiger partial charge in [0, 0.05) is 18.6 Å². The van der Waals surface area contributed by atoms with Crippen LogP contribution in [-0.4, -0.2) is 28.3 Å². The van der Waals surface area contributed by atoms with Crippen LogP contribution in [0.4, 0.5) is 0 Å². The van der Waals surface area contributed by atoms with Crippen LogP contribution < -0.4 is 0 Å². The Bertz CT molecular complexity index is 343. The molecule has 1 N–H and O–H groups in total. The van der Waals surface area contributed by atoms with E-state index in [-0.39, 0.29) is 5.75 Å². The molecule has 1 heterocycles. The van der Waals surface area contributed by atoms with E-state index in [1.165, 1.54) is 0 Å². The molecular weight excluding hydrogens is 204 g/mol. The first-order chi connectivity index (χ1) is 6.49. The Morgan fingerprint density at radius 2 is 2.29 bits per heavy atom. The normalized spacial score (nSPS) is 10.1. The van der Waals surface area contributed by atoms with Gasteiger partial charge < -0.3 is 4.57 Å². The van der Waals surface area contributed by atoms with Crippen LogP contribution in [0.3, 0.4) is 0 Å². The SMILES string of the molecule is C=Cn1ccnc1.CCCS(=O)(=O)O. The molecule has 0 spiro atoms. The van der Waals surface area contributed by atoms with E-state index in [0.29, 0.717) is 6.42 Å². The predicted molar refractivity (Wildman–Crippen MR) is 55.3 cm³/mol. The Kier molecular flexibility index (Phi) is 5.82. The molecule has 0 unspecified atom stereocenters. The first-order valence-corrected chi connectivity index (χ1v) is 5.65. The fraction of sp³-hybridized carbons (Fsp3) is 0.375. The van der Waals surface area contributed by atoms with Crippen molar-refractivity contribution in [2.45, 2.75) is 13.3 Å². The molecular formula is C8H14N2O3S. The van der Waals surface area contributed by atoms with Crippen molar-refractivity contribution in [3.05, 3.63) is 25.3 Å². The van der Waals surface area contributed by atoms with E-state index in [1.807, 2.05) is 6.20 Å². The van der Waals surface area contributed by atoms with E-state index < -0.39 is 10.1 Å². The molecule has 1 aromatic rings. The van der Waals surface area contributed by atoms with Gasteiger partial charge in [0.25, 0.3) is 10.1 Å². The lowest BCUT2D eigenvalue weighted by atomic mass is 10.6. The van der Waals surface area contributed by atoms with Crippen LogP contribution in [0.1, 0.15) is 13.3 Å². The van der Waals surface area contributed by atoms with Gasteiger partial charge in [-0.3, -0.25) is 4.55 Å². The minimum Gasteiger partial charge on any atom is -0.314 e. The maximum absolute atomic E-state index is 9.79. The number of nitrogens with zero attached hydrogens (tertiary/aromatic N) is 2. The summed E-state index contributed by atoms with van der Waals surface area (Å²) in [6, 6.07) is 0. The summed E-state index contributed by atoms with van der Waals surface area (Å²) < 4.78 is 29.3. The quantitative estimate of drug-likeness (QED) is 0.775. The average molecular weight is 218 g/mol. The number of imidazole rings is 1. The van der Waals surface area contributed by atoms with Crippen molar-refractivity contribution >= 4 is 16.3 Å². The molecule has 14 heavy (non-hydrogen) atoms. The largest absolute Gasteiger partial charge is 0.314 e. The molecule has 0 aliphatic heterocycles. The summed E-state index contributed by atoms with van der Waals surface area (Å²) in [5.74, 6) is -0.132. The highest BCUT2D eigenvalue weighted by Crippen LogP contribution is 1.83. The molecule has 0 radical (unpaired) electrons. The number of aromatic nitrogens is 2. The smallest absolute Gasteiger partial charge is 0.264 e. The maximum atomic E-state index is 9.79. The van der Waals surface area contributed by atoms with Crippen LogP contribution in [0.25, 0.3) is 6.20 Å². The van der Waals surface area contributed by atoms with Crippen molar-refractivity contribution in [1.29, 1.82) is 0 Å². The van der Waals surface area contributed by atoms with E-state index in [0.717, 1.165) is 0 Å². The molecule has 1 rings (SSSR count). The van der Waals surface area contributed by atoms with Crippen LogP contribution in [0, 0.1) is 0 Å². The lowest BCUT2D eigenvalue weighted by Gasteiger charge is -1.85. The van der Waals surface area contributed by atoms with E-state index >= 15 is 0 Å². The van der Waals surface area contributed by atoms with Crippen molar-refractivity contribution in [3.63, 3.8) is 0 Å². The van der Waals surface area contributed by atoms with Gasteiger partial charge in [0.2, 0.25) is 0 Å². The molecule has 0 amide bonds. The second-order valence-electron chi connectivity index (χ2n) is 2.48. The maximum Gasteiger partial charge on any atom is 0.264 e. The summed E-state index contributed by atoms with van der Waals surface area (Å²) in [5, 5.41) is 0. The van der Waals surface area contributed by atoms with Gasteiger partial charge in [-0.15, -0.1) is 0 Å². The molecule has 0 fully saturated rings. The van der Waals surface area contributed by atoms with Crippen molar-refractivity contribution in [1.82, 2.24) is 9.55 Å². The Morgan fingerprint density at radius 1 is 1.64 bits per heavy atom. The van der Waals surface area contributed by atoms with Crippen molar-refractivity contribution < 1.29 is 13.0 Å². The number of hydrogen-bond donors (Lipinski definition) is 1. The minimum absolute atomic E-state index is 0.132. The van der Waals surface area contributed by atoms with Gasteiger partial charge in [0.05, 0.1) is 12.1 Å². The predicted octanol–water partition coefficient (Wildman–Crippen LogP) is 1.27. The van der Waals surface area contributed by atoms with Gasteiger partial charge in [-0.2, -0.15) is 8.42 Å². The zero-order valence-electron chi connectivity index (χ0n) is 8.00. The lowest BCUT2D eigenvalue weighted by molar-refractivity contribution is 0.482. The highest BCUT2D eigenvalue weighted by molar-refractivity contribution is 7.85. The molecule has 6 heteroatoms. The first kappa shape index (κ1) is 12.9. The summed E-state index contributed by atoms with van der Waals surface area (Å²) in [6.07, 6.45) is 7.38. The molecule has 0 aliphatic rings. The fourth-order valence-electron chi connectivity index (χ4n) is 0.635. The third kappa shape index (κ3) is 7.51. The summed E-state index contributed by atoms with van der Waals surface area (Å²) in [5.41, 5.74) is 0. The monoisotopic (exact) mass is 218 g/mol. The van der Waals surface area contributed by atoms with Crippen LogP contribution in [0.2, 0.25) is 0 Å². The highest BCUT2D eigenvalue weighted by Gasteiger charge is 1.98. The third-order valence-corrected chi connectivity index (χ3v) is 2.12. The van der Waals surface area contributed by atoms with Gasteiger partial charge >= 0.3 is 0 Å². The first-order valence-electron chi connectivity index (χ1n) is 4.04. The van der Waals surface area contributed by atoms with E-state index in [2.05, 4.69) is 11.6 Å². The van der Waals surface area contributed by atoms with E-state index in [9.17, 15) is 8.42 Å². The van der Waals surface area contributed by atoms with Gasteiger partial charge in [0.15, 0.2) is 0 Å². The Balaban J connectivity index is 0.000000241. The molecule has 5 nitrogen and oxygen atoms in total. The summed E-state index contributed by atoms with van der Waals surface area (Å²) in [7, 11) is -3.67. The van der Waals surface area contributed by atoms with Crippen LogP contribution in [-0.2, 0) is 10.1 Å². The lowest BCUT2D eigenvalue weighted by Crippen LogP contribution is -2.01. The Morgan fingerprint density at radius 3 is 2.43 bits per heavy atom. The highest BCUT2D eigenvalue weighted by atomic mass is 32.2. The fourth-order valence-corrected chi connectivity index (χ4v) is 1.15. The zero-order chi connectivity index (χ0) is 11.0. The van der Waals surface area contributed by atoms with Gasteiger partial charge in [0.1, 0.15) is 0 Å². The average Bonchev–Trinajstić information content (AvgIpc) is 2.54. The van der Waals surface area contributed by atoms with E-state index in [1.54, 1.807) is 30.2 Å². The van der Waals surface area contributed by atoms with Crippen LogP contribution in [0.15, 0.2) is 25.3 Å². The third-order valence-electron chi connectivity index (χ3n) is 1.20. The molecule has 0 aliphatic carbocycles. The molecule has 80 valence electrons. The standard InChI is InChI=1S/C5H6N2.C3H8O3S/c1-2-7-4-3-6-5-7;1-2-3-7(4,5)6/h2-5H,1H2;2-3H2,1H3,(H,4,5,6). The van der Waals surface area contributed by atoms with Gasteiger partial charge in [-0.1, -0.05) is 13.5 Å². The Hall–Kier alpha value is -1.14. The van der Waals surface area contributed by atoms with Crippen LogP contribution in [0.5, 0.6) is 0 Å². The number of hydrogen-bond acceptors (Lipinski definition) is 3. The van der Waals surface area contributed by atoms with Gasteiger partial charge in [-0.05, 0) is 6.42 Å². The zero-order valence-corrected chi connectivity index (χ0v) is 8.81. The van der Waals surface area contributed by atoms with E-state index in [4.69, 9.17) is 4.55 Å². The molecule has 0 aromatic carbocycles. The van der Waals surface area contributed by atoms with Gasteiger partial charge in [-0.25, -0.2) is 4.98 Å². The molecule has 0 atom stereocenters. The molecule has 1 aromatic heterocycles. The summed E-state index contributed by atoms with van der Waals surface area (Å²) in [4.78, 5) is 3.78. The minimum atomic E-state index is -3.67. The van der Waals surface area contributed by atoms with Crippen molar-refractivity contribution in [2.24, 2.45) is 0 Å². The van der Waals surface area contributed by atoms with Crippen molar-refractivity contribution in [3.8, 4) is 0 Å². The molecule has 0 bridgehead atoms. The number of rotatable bonds is 3. The second kappa shape index (κ2) is 6.33. The topological polar surface area (TPSA) is 72.2 Å². The molecule has 0 saturated carbocycles. The summed E-state index contributed by atoms with van der Waals surface area (Å²) >= 11 is 0. The second-order valence-corrected chi connectivity index (χ2v) is 4.05.